The molecular formula is C10H11Br2NOS. The second-order valence-electron chi connectivity index (χ2n) is 3.70. The highest BCUT2D eigenvalue weighted by atomic mass is 79.9. The zero-order chi connectivity index (χ0) is 10.8. The number of carbonyl (C=O) groups is 1. The SMILES string of the molecule is O=C(c1csc(Br)c1)N1CCC(CBr)C1. The van der Waals surface area contributed by atoms with E-state index in [4.69, 9.17) is 0 Å². The molecule has 1 unspecified atom stereocenters. The molecular weight excluding hydrogens is 342 g/mol. The maximum atomic E-state index is 12.0. The number of hydrogen-bond donors (Lipinski definition) is 0. The highest BCUT2D eigenvalue weighted by Gasteiger charge is 2.26. The fourth-order valence-corrected chi connectivity index (χ4v) is 3.41. The minimum absolute atomic E-state index is 0.167. The standard InChI is InChI=1S/C10H11Br2NOS/c11-4-7-1-2-13(5-7)10(14)8-3-9(12)15-6-8/h3,6-7H,1-2,4-5H2. The molecule has 2 rings (SSSR count). The van der Waals surface area contributed by atoms with Crippen molar-refractivity contribution >= 4 is 49.1 Å². The van der Waals surface area contributed by atoms with Crippen LogP contribution >= 0.6 is 43.2 Å². The highest BCUT2D eigenvalue weighted by molar-refractivity contribution is 9.11. The van der Waals surface area contributed by atoms with Gasteiger partial charge in [0.05, 0.1) is 9.35 Å². The Labute approximate surface area is 110 Å². The molecule has 0 aliphatic carbocycles. The second kappa shape index (κ2) is 4.97. The minimum atomic E-state index is 0.167. The molecule has 15 heavy (non-hydrogen) atoms. The molecule has 0 aromatic carbocycles. The Morgan fingerprint density at radius 2 is 2.47 bits per heavy atom. The van der Waals surface area contributed by atoms with Crippen LogP contribution in [0.4, 0.5) is 0 Å². The minimum Gasteiger partial charge on any atom is -0.338 e. The first-order valence-electron chi connectivity index (χ1n) is 4.80. The molecule has 1 aliphatic heterocycles. The van der Waals surface area contributed by atoms with E-state index in [0.717, 1.165) is 34.2 Å². The van der Waals surface area contributed by atoms with Crippen molar-refractivity contribution in [2.75, 3.05) is 18.4 Å². The van der Waals surface area contributed by atoms with Gasteiger partial charge >= 0.3 is 0 Å². The summed E-state index contributed by atoms with van der Waals surface area (Å²) in [7, 11) is 0. The molecule has 1 aromatic heterocycles. The molecule has 1 saturated heterocycles. The fraction of sp³-hybridized carbons (Fsp3) is 0.500. The summed E-state index contributed by atoms with van der Waals surface area (Å²) in [4.78, 5) is 14.0. The predicted molar refractivity (Wildman–Crippen MR) is 69.8 cm³/mol. The van der Waals surface area contributed by atoms with Crippen LogP contribution < -0.4 is 0 Å². The maximum absolute atomic E-state index is 12.0. The van der Waals surface area contributed by atoms with E-state index in [9.17, 15) is 4.79 Å². The lowest BCUT2D eigenvalue weighted by Crippen LogP contribution is -2.28. The summed E-state index contributed by atoms with van der Waals surface area (Å²) in [5.41, 5.74) is 0.807. The van der Waals surface area contributed by atoms with Gasteiger partial charge in [-0.2, -0.15) is 0 Å². The van der Waals surface area contributed by atoms with Gasteiger partial charge in [0.25, 0.3) is 5.91 Å². The third-order valence-electron chi connectivity index (χ3n) is 2.61. The van der Waals surface area contributed by atoms with Gasteiger partial charge in [0.15, 0.2) is 0 Å². The average Bonchev–Trinajstić information content (AvgIpc) is 2.84. The summed E-state index contributed by atoms with van der Waals surface area (Å²) in [6.07, 6.45) is 1.11. The largest absolute Gasteiger partial charge is 0.338 e. The van der Waals surface area contributed by atoms with Gasteiger partial charge in [0, 0.05) is 23.8 Å². The van der Waals surface area contributed by atoms with Crippen LogP contribution in [0, 0.1) is 5.92 Å². The van der Waals surface area contributed by atoms with Gasteiger partial charge in [0.2, 0.25) is 0 Å². The number of alkyl halides is 1. The van der Waals surface area contributed by atoms with Crippen molar-refractivity contribution in [3.63, 3.8) is 0 Å². The normalized spacial score (nSPS) is 20.9. The van der Waals surface area contributed by atoms with Gasteiger partial charge in [-0.15, -0.1) is 11.3 Å². The molecule has 2 heterocycles. The number of amides is 1. The van der Waals surface area contributed by atoms with Crippen molar-refractivity contribution < 1.29 is 4.79 Å². The van der Waals surface area contributed by atoms with Crippen molar-refractivity contribution in [3.8, 4) is 0 Å². The molecule has 0 bridgehead atoms. The first-order chi connectivity index (χ1) is 7.20. The number of nitrogens with zero attached hydrogens (tertiary/aromatic N) is 1. The van der Waals surface area contributed by atoms with E-state index in [1.807, 2.05) is 16.3 Å². The van der Waals surface area contributed by atoms with Crippen LogP contribution in [0.2, 0.25) is 0 Å². The smallest absolute Gasteiger partial charge is 0.254 e. The van der Waals surface area contributed by atoms with Crippen LogP contribution in [-0.2, 0) is 0 Å². The molecule has 82 valence electrons. The number of likely N-dealkylation sites (tertiary alicyclic amines) is 1. The van der Waals surface area contributed by atoms with Crippen molar-refractivity contribution in [2.24, 2.45) is 5.92 Å². The van der Waals surface area contributed by atoms with Gasteiger partial charge in [-0.3, -0.25) is 4.79 Å². The van der Waals surface area contributed by atoms with Crippen molar-refractivity contribution in [3.05, 3.63) is 20.8 Å². The van der Waals surface area contributed by atoms with E-state index in [1.54, 1.807) is 11.3 Å². The third-order valence-corrected chi connectivity index (χ3v) is 5.03. The first kappa shape index (κ1) is 11.6. The molecule has 0 radical (unpaired) electrons. The third kappa shape index (κ3) is 2.63. The summed E-state index contributed by atoms with van der Waals surface area (Å²) in [5, 5.41) is 2.90. The zero-order valence-electron chi connectivity index (χ0n) is 8.08. The van der Waals surface area contributed by atoms with Crippen LogP contribution in [0.15, 0.2) is 15.2 Å². The fourth-order valence-electron chi connectivity index (χ4n) is 1.75. The Morgan fingerprint density at radius 1 is 1.67 bits per heavy atom. The Kier molecular flexibility index (Phi) is 3.85. The van der Waals surface area contributed by atoms with E-state index < -0.39 is 0 Å². The van der Waals surface area contributed by atoms with Crippen LogP contribution in [0.25, 0.3) is 0 Å². The van der Waals surface area contributed by atoms with E-state index in [-0.39, 0.29) is 5.91 Å². The molecule has 1 atom stereocenters. The number of halogens is 2. The molecule has 0 saturated carbocycles. The summed E-state index contributed by atoms with van der Waals surface area (Å²) in [6.45, 7) is 1.78. The number of thiophene rings is 1. The molecule has 2 nitrogen and oxygen atoms in total. The van der Waals surface area contributed by atoms with Crippen LogP contribution in [-0.4, -0.2) is 29.2 Å². The summed E-state index contributed by atoms with van der Waals surface area (Å²) >= 11 is 8.40. The van der Waals surface area contributed by atoms with E-state index in [2.05, 4.69) is 31.9 Å². The van der Waals surface area contributed by atoms with Crippen LogP contribution in [0.5, 0.6) is 0 Å². The first-order valence-corrected chi connectivity index (χ1v) is 7.59. The van der Waals surface area contributed by atoms with Gasteiger partial charge in [-0.25, -0.2) is 0 Å². The lowest BCUT2D eigenvalue weighted by atomic mass is 10.2. The Balaban J connectivity index is 2.03. The van der Waals surface area contributed by atoms with Crippen molar-refractivity contribution in [2.45, 2.75) is 6.42 Å². The lowest BCUT2D eigenvalue weighted by Gasteiger charge is -2.14. The Hall–Kier alpha value is 0.130. The molecule has 1 aromatic rings. The molecule has 1 aliphatic rings. The second-order valence-corrected chi connectivity index (χ2v) is 6.64. The summed E-state index contributed by atoms with van der Waals surface area (Å²) in [6, 6.07) is 1.90. The highest BCUT2D eigenvalue weighted by Crippen LogP contribution is 2.24. The topological polar surface area (TPSA) is 20.3 Å². The van der Waals surface area contributed by atoms with Gasteiger partial charge in [-0.1, -0.05) is 15.9 Å². The lowest BCUT2D eigenvalue weighted by molar-refractivity contribution is 0.0789. The number of rotatable bonds is 2. The zero-order valence-corrected chi connectivity index (χ0v) is 12.1. The van der Waals surface area contributed by atoms with E-state index in [0.29, 0.717) is 5.92 Å². The summed E-state index contributed by atoms with van der Waals surface area (Å²) < 4.78 is 1.02. The average molecular weight is 353 g/mol. The molecule has 1 fully saturated rings. The molecule has 0 spiro atoms. The molecule has 0 N–H and O–H groups in total. The van der Waals surface area contributed by atoms with E-state index in [1.165, 1.54) is 0 Å². The molecule has 1 amide bonds. The van der Waals surface area contributed by atoms with E-state index >= 15 is 0 Å². The van der Waals surface area contributed by atoms with Crippen molar-refractivity contribution in [1.29, 1.82) is 0 Å². The van der Waals surface area contributed by atoms with Gasteiger partial charge in [-0.05, 0) is 34.3 Å². The van der Waals surface area contributed by atoms with Crippen molar-refractivity contribution in [1.82, 2.24) is 4.90 Å². The maximum Gasteiger partial charge on any atom is 0.254 e. The predicted octanol–water partition coefficient (Wildman–Crippen LogP) is 3.37. The number of hydrogen-bond acceptors (Lipinski definition) is 2. The quantitative estimate of drug-likeness (QED) is 0.747. The van der Waals surface area contributed by atoms with Crippen LogP contribution in [0.1, 0.15) is 16.8 Å². The summed E-state index contributed by atoms with van der Waals surface area (Å²) in [5.74, 6) is 0.788. The Bertz CT molecular complexity index is 366. The Morgan fingerprint density at radius 3 is 3.00 bits per heavy atom. The number of carbonyl (C=O) groups excluding carboxylic acids is 1. The molecule has 5 heteroatoms. The monoisotopic (exact) mass is 351 g/mol. The van der Waals surface area contributed by atoms with Gasteiger partial charge in [0.1, 0.15) is 0 Å². The van der Waals surface area contributed by atoms with Gasteiger partial charge < -0.3 is 4.90 Å². The van der Waals surface area contributed by atoms with Crippen LogP contribution in [0.3, 0.4) is 0 Å².